The van der Waals surface area contributed by atoms with Crippen LogP contribution < -0.4 is 10.2 Å². The van der Waals surface area contributed by atoms with Crippen molar-refractivity contribution >= 4 is 12.6 Å². The third-order valence-electron chi connectivity index (χ3n) is 2.42. The molecule has 0 atom stereocenters. The van der Waals surface area contributed by atoms with Gasteiger partial charge in [0.25, 0.3) is 0 Å². The molecule has 0 saturated carbocycles. The molecule has 0 unspecified atom stereocenters. The highest BCUT2D eigenvalue weighted by Gasteiger charge is 2.17. The molecule has 0 aliphatic carbocycles. The fourth-order valence-corrected chi connectivity index (χ4v) is 1.48. The van der Waals surface area contributed by atoms with Crippen molar-refractivity contribution in [3.8, 4) is 5.75 Å². The number of hydrogen-bond acceptors (Lipinski definition) is 3. The van der Waals surface area contributed by atoms with E-state index in [9.17, 15) is 0 Å². The van der Waals surface area contributed by atoms with Gasteiger partial charge in [-0.3, -0.25) is 0 Å². The maximum Gasteiger partial charge on any atom is 0.488 e. The van der Waals surface area contributed by atoms with Gasteiger partial charge in [0.05, 0.1) is 6.10 Å². The van der Waals surface area contributed by atoms with Crippen molar-refractivity contribution in [1.82, 2.24) is 0 Å². The highest BCUT2D eigenvalue weighted by Crippen LogP contribution is 2.20. The zero-order valence-corrected chi connectivity index (χ0v) is 9.61. The van der Waals surface area contributed by atoms with Crippen LogP contribution in [0.25, 0.3) is 0 Å². The second kappa shape index (κ2) is 4.68. The molecule has 1 rings (SSSR count). The van der Waals surface area contributed by atoms with Crippen LogP contribution in [-0.2, 0) is 0 Å². The van der Waals surface area contributed by atoms with Gasteiger partial charge in [0, 0.05) is 0 Å². The first-order valence-electron chi connectivity index (χ1n) is 5.06. The normalized spacial score (nSPS) is 10.6. The fourth-order valence-electron chi connectivity index (χ4n) is 1.48. The summed E-state index contributed by atoms with van der Waals surface area (Å²) in [6.45, 7) is 7.70. The van der Waals surface area contributed by atoms with E-state index in [4.69, 9.17) is 14.8 Å². The number of hydrogen-bond donors (Lipinski definition) is 2. The molecule has 0 aromatic heterocycles. The summed E-state index contributed by atoms with van der Waals surface area (Å²) in [7, 11) is -1.42. The van der Waals surface area contributed by atoms with Crippen LogP contribution in [0.1, 0.15) is 25.0 Å². The van der Waals surface area contributed by atoms with Crippen molar-refractivity contribution in [2.45, 2.75) is 33.8 Å². The molecule has 0 radical (unpaired) electrons. The summed E-state index contributed by atoms with van der Waals surface area (Å²) in [5.41, 5.74) is 2.35. The van der Waals surface area contributed by atoms with E-state index in [1.54, 1.807) is 12.1 Å². The van der Waals surface area contributed by atoms with Crippen molar-refractivity contribution in [3.05, 3.63) is 23.3 Å². The maximum absolute atomic E-state index is 9.12. The summed E-state index contributed by atoms with van der Waals surface area (Å²) >= 11 is 0. The van der Waals surface area contributed by atoms with Crippen LogP contribution in [0.15, 0.2) is 12.1 Å². The Hall–Kier alpha value is -0.995. The molecule has 0 amide bonds. The van der Waals surface area contributed by atoms with Crippen molar-refractivity contribution in [1.29, 1.82) is 0 Å². The highest BCUT2D eigenvalue weighted by molar-refractivity contribution is 6.59. The molecule has 0 aliphatic rings. The predicted octanol–water partition coefficient (Wildman–Crippen LogP) is 0.770. The zero-order chi connectivity index (χ0) is 11.6. The van der Waals surface area contributed by atoms with Crippen LogP contribution >= 0.6 is 0 Å². The smallest absolute Gasteiger partial charge is 0.488 e. The minimum Gasteiger partial charge on any atom is -0.491 e. The van der Waals surface area contributed by atoms with E-state index in [0.717, 1.165) is 16.9 Å². The molecule has 0 heterocycles. The van der Waals surface area contributed by atoms with E-state index in [2.05, 4.69) is 0 Å². The van der Waals surface area contributed by atoms with Crippen LogP contribution in [0.4, 0.5) is 0 Å². The summed E-state index contributed by atoms with van der Waals surface area (Å²) in [5.74, 6) is 0.798. The van der Waals surface area contributed by atoms with Gasteiger partial charge in [-0.1, -0.05) is 6.07 Å². The van der Waals surface area contributed by atoms with E-state index < -0.39 is 7.12 Å². The predicted molar refractivity (Wildman–Crippen MR) is 61.5 cm³/mol. The molecule has 0 saturated heterocycles. The molecule has 3 nitrogen and oxygen atoms in total. The molecule has 2 N–H and O–H groups in total. The summed E-state index contributed by atoms with van der Waals surface area (Å²) in [5, 5.41) is 18.2. The second-order valence-corrected chi connectivity index (χ2v) is 3.94. The average molecular weight is 208 g/mol. The van der Waals surface area contributed by atoms with E-state index in [-0.39, 0.29) is 6.10 Å². The lowest BCUT2D eigenvalue weighted by Gasteiger charge is -2.16. The Kier molecular flexibility index (Phi) is 3.77. The quantitative estimate of drug-likeness (QED) is 0.721. The van der Waals surface area contributed by atoms with Crippen molar-refractivity contribution < 1.29 is 14.8 Å². The topological polar surface area (TPSA) is 49.7 Å². The van der Waals surface area contributed by atoms with Crippen LogP contribution in [-0.4, -0.2) is 23.3 Å². The summed E-state index contributed by atoms with van der Waals surface area (Å²) in [6.07, 6.45) is 0.119. The lowest BCUT2D eigenvalue weighted by molar-refractivity contribution is 0.240. The third-order valence-corrected chi connectivity index (χ3v) is 2.42. The molecule has 15 heavy (non-hydrogen) atoms. The average Bonchev–Trinajstić information content (AvgIpc) is 2.12. The van der Waals surface area contributed by atoms with Crippen LogP contribution in [0.5, 0.6) is 5.75 Å². The van der Waals surface area contributed by atoms with E-state index >= 15 is 0 Å². The van der Waals surface area contributed by atoms with Gasteiger partial charge in [-0.2, -0.15) is 0 Å². The van der Waals surface area contributed by atoms with Gasteiger partial charge >= 0.3 is 7.12 Å². The molecule has 0 fully saturated rings. The zero-order valence-electron chi connectivity index (χ0n) is 9.61. The Labute approximate surface area is 90.9 Å². The van der Waals surface area contributed by atoms with Crippen molar-refractivity contribution in [2.24, 2.45) is 0 Å². The van der Waals surface area contributed by atoms with Gasteiger partial charge in [0.1, 0.15) is 5.75 Å². The summed E-state index contributed by atoms with van der Waals surface area (Å²) in [4.78, 5) is 0. The Morgan fingerprint density at radius 2 is 1.73 bits per heavy atom. The first kappa shape index (κ1) is 12.1. The van der Waals surface area contributed by atoms with E-state index in [1.807, 2.05) is 27.7 Å². The highest BCUT2D eigenvalue weighted by atomic mass is 16.5. The minimum absolute atomic E-state index is 0.119. The fraction of sp³-hybridized carbons (Fsp3) is 0.455. The molecule has 0 aliphatic heterocycles. The molecule has 1 aromatic carbocycles. The van der Waals surface area contributed by atoms with Gasteiger partial charge in [0.15, 0.2) is 0 Å². The molecule has 4 heteroatoms. The number of rotatable bonds is 3. The minimum atomic E-state index is -1.42. The Morgan fingerprint density at radius 3 is 2.20 bits per heavy atom. The SMILES string of the molecule is Cc1c(OC(C)C)ccc(B(O)O)c1C. The van der Waals surface area contributed by atoms with Crippen LogP contribution in [0, 0.1) is 13.8 Å². The number of benzene rings is 1. The Morgan fingerprint density at radius 1 is 1.13 bits per heavy atom. The van der Waals surface area contributed by atoms with Gasteiger partial charge in [-0.15, -0.1) is 0 Å². The van der Waals surface area contributed by atoms with E-state index in [1.165, 1.54) is 0 Å². The molecule has 0 bridgehead atoms. The van der Waals surface area contributed by atoms with Crippen molar-refractivity contribution in [2.75, 3.05) is 0 Å². The molecular formula is C11H17BO3. The lowest BCUT2D eigenvalue weighted by atomic mass is 9.76. The lowest BCUT2D eigenvalue weighted by Crippen LogP contribution is -2.32. The van der Waals surface area contributed by atoms with Gasteiger partial charge in [-0.05, 0) is 50.4 Å². The van der Waals surface area contributed by atoms with Gasteiger partial charge < -0.3 is 14.8 Å². The van der Waals surface area contributed by atoms with Crippen LogP contribution in [0.2, 0.25) is 0 Å². The summed E-state index contributed by atoms with van der Waals surface area (Å²) < 4.78 is 5.60. The van der Waals surface area contributed by atoms with Gasteiger partial charge in [-0.25, -0.2) is 0 Å². The van der Waals surface area contributed by atoms with Gasteiger partial charge in [0.2, 0.25) is 0 Å². The first-order chi connectivity index (χ1) is 6.93. The molecule has 0 spiro atoms. The molecule has 82 valence electrons. The Bertz CT molecular complexity index is 348. The molecular weight excluding hydrogens is 191 g/mol. The first-order valence-corrected chi connectivity index (χ1v) is 5.06. The molecule has 1 aromatic rings. The van der Waals surface area contributed by atoms with E-state index in [0.29, 0.717) is 5.46 Å². The monoisotopic (exact) mass is 208 g/mol. The van der Waals surface area contributed by atoms with Crippen LogP contribution in [0.3, 0.4) is 0 Å². The van der Waals surface area contributed by atoms with Crippen molar-refractivity contribution in [3.63, 3.8) is 0 Å². The Balaban J connectivity index is 3.10. The second-order valence-electron chi connectivity index (χ2n) is 3.94. The number of ether oxygens (including phenoxy) is 1. The largest absolute Gasteiger partial charge is 0.491 e. The standard InChI is InChI=1S/C11H17BO3/c1-7(2)15-11-6-5-10(12(13)14)8(3)9(11)4/h5-7,13-14H,1-4H3. The summed E-state index contributed by atoms with van der Waals surface area (Å²) in [6, 6.07) is 3.46. The maximum atomic E-state index is 9.12. The third kappa shape index (κ3) is 2.73.